The van der Waals surface area contributed by atoms with E-state index >= 15 is 0 Å². The predicted molar refractivity (Wildman–Crippen MR) is 78.4 cm³/mol. The Kier molecular flexibility index (Phi) is 8.87. The van der Waals surface area contributed by atoms with Gasteiger partial charge in [-0.25, -0.2) is 0 Å². The molecular weight excluding hydrogens is 206 g/mol. The molecule has 0 aliphatic carbocycles. The first kappa shape index (κ1) is 14.7. The van der Waals surface area contributed by atoms with E-state index in [0.717, 1.165) is 11.4 Å². The van der Waals surface area contributed by atoms with Gasteiger partial charge in [0, 0.05) is 11.4 Å². The van der Waals surface area contributed by atoms with Gasteiger partial charge in [-0.05, 0) is 24.3 Å². The minimum atomic E-state index is 0.893. The van der Waals surface area contributed by atoms with E-state index in [2.05, 4.69) is 31.6 Å². The fourth-order valence-electron chi connectivity index (χ4n) is 1.00. The first-order chi connectivity index (χ1) is 8.28. The molecule has 0 spiro atoms. The van der Waals surface area contributed by atoms with Gasteiger partial charge < -0.3 is 5.32 Å². The largest absolute Gasteiger partial charge is 0.356 e. The molecule has 0 amide bonds. The standard InChI is InChI=1S/C16H19N/c1-5-9-11-14-15(8-4)17-16(12-7-3)13-10-6-2/h5-14,17H,1-4H2/b11-9-,13-10-,15-14+,16-12+. The van der Waals surface area contributed by atoms with Crippen LogP contribution in [0.4, 0.5) is 0 Å². The molecule has 0 aromatic rings. The second-order valence-corrected chi connectivity index (χ2v) is 3.02. The molecule has 0 aliphatic heterocycles. The van der Waals surface area contributed by atoms with Crippen LogP contribution in [0.3, 0.4) is 0 Å². The normalized spacial score (nSPS) is 12.7. The molecule has 0 atom stereocenters. The molecule has 0 rings (SSSR count). The molecule has 0 fully saturated rings. The minimum Gasteiger partial charge on any atom is -0.356 e. The van der Waals surface area contributed by atoms with Crippen LogP contribution >= 0.6 is 0 Å². The Labute approximate surface area is 104 Å². The van der Waals surface area contributed by atoms with Gasteiger partial charge in [0.05, 0.1) is 0 Å². The molecular formula is C16H19N. The molecule has 0 aromatic heterocycles. The summed E-state index contributed by atoms with van der Waals surface area (Å²) in [6.45, 7) is 14.6. The van der Waals surface area contributed by atoms with E-state index in [1.54, 1.807) is 24.3 Å². The topological polar surface area (TPSA) is 12.0 Å². The van der Waals surface area contributed by atoms with Gasteiger partial charge in [0.1, 0.15) is 0 Å². The van der Waals surface area contributed by atoms with Crippen LogP contribution in [-0.2, 0) is 0 Å². The van der Waals surface area contributed by atoms with E-state index in [0.29, 0.717) is 0 Å². The Morgan fingerprint density at radius 3 is 1.94 bits per heavy atom. The predicted octanol–water partition coefficient (Wildman–Crippen LogP) is 4.20. The quantitative estimate of drug-likeness (QED) is 0.610. The number of allylic oxidation sites excluding steroid dienone is 10. The maximum atomic E-state index is 3.75. The van der Waals surface area contributed by atoms with Crippen LogP contribution in [0.1, 0.15) is 0 Å². The molecule has 0 unspecified atom stereocenters. The van der Waals surface area contributed by atoms with E-state index in [9.17, 15) is 0 Å². The van der Waals surface area contributed by atoms with Gasteiger partial charge in [0.2, 0.25) is 0 Å². The van der Waals surface area contributed by atoms with Crippen molar-refractivity contribution in [2.45, 2.75) is 0 Å². The third-order valence-corrected chi connectivity index (χ3v) is 1.74. The summed E-state index contributed by atoms with van der Waals surface area (Å²) >= 11 is 0. The van der Waals surface area contributed by atoms with Crippen LogP contribution in [0.15, 0.2) is 98.5 Å². The van der Waals surface area contributed by atoms with E-state index < -0.39 is 0 Å². The van der Waals surface area contributed by atoms with Crippen molar-refractivity contribution in [1.82, 2.24) is 5.32 Å². The molecule has 0 heterocycles. The Balaban J connectivity index is 4.82. The average Bonchev–Trinajstić information content (AvgIpc) is 2.35. The monoisotopic (exact) mass is 225 g/mol. The number of hydrogen-bond acceptors (Lipinski definition) is 1. The van der Waals surface area contributed by atoms with Gasteiger partial charge in [0.15, 0.2) is 0 Å². The highest BCUT2D eigenvalue weighted by Gasteiger charge is 1.91. The van der Waals surface area contributed by atoms with Gasteiger partial charge in [-0.1, -0.05) is 62.8 Å². The molecule has 0 aliphatic rings. The maximum Gasteiger partial charge on any atom is 0.0383 e. The highest BCUT2D eigenvalue weighted by molar-refractivity contribution is 5.32. The maximum absolute atomic E-state index is 3.75. The van der Waals surface area contributed by atoms with Crippen molar-refractivity contribution >= 4 is 0 Å². The molecule has 1 heteroatoms. The molecule has 0 saturated carbocycles. The lowest BCUT2D eigenvalue weighted by Crippen LogP contribution is -2.09. The first-order valence-corrected chi connectivity index (χ1v) is 5.29. The summed E-state index contributed by atoms with van der Waals surface area (Å²) in [7, 11) is 0. The van der Waals surface area contributed by atoms with Gasteiger partial charge in [-0.15, -0.1) is 0 Å². The SMILES string of the molecule is C=C/C=C\C=C(/C=C)NC(/C=C\C=C)=C/C=C. The molecule has 88 valence electrons. The molecule has 0 saturated heterocycles. The Bertz CT molecular complexity index is 390. The van der Waals surface area contributed by atoms with Crippen LogP contribution in [-0.4, -0.2) is 0 Å². The summed E-state index contributed by atoms with van der Waals surface area (Å²) in [5.74, 6) is 0. The Hall–Kier alpha value is -2.28. The van der Waals surface area contributed by atoms with Crippen LogP contribution < -0.4 is 5.32 Å². The summed E-state index contributed by atoms with van der Waals surface area (Å²) in [6, 6.07) is 0. The van der Waals surface area contributed by atoms with E-state index in [1.807, 2.05) is 36.5 Å². The van der Waals surface area contributed by atoms with Crippen LogP contribution in [0, 0.1) is 0 Å². The Morgan fingerprint density at radius 1 is 0.706 bits per heavy atom. The lowest BCUT2D eigenvalue weighted by Gasteiger charge is -2.06. The zero-order chi connectivity index (χ0) is 12.9. The summed E-state index contributed by atoms with van der Waals surface area (Å²) in [6.07, 6.45) is 18.2. The molecule has 1 N–H and O–H groups in total. The lowest BCUT2D eigenvalue weighted by atomic mass is 10.3. The highest BCUT2D eigenvalue weighted by Crippen LogP contribution is 2.00. The van der Waals surface area contributed by atoms with E-state index in [-0.39, 0.29) is 0 Å². The van der Waals surface area contributed by atoms with Crippen molar-refractivity contribution in [2.24, 2.45) is 0 Å². The molecule has 0 radical (unpaired) electrons. The van der Waals surface area contributed by atoms with Crippen molar-refractivity contribution in [1.29, 1.82) is 0 Å². The smallest absolute Gasteiger partial charge is 0.0383 e. The van der Waals surface area contributed by atoms with E-state index in [4.69, 9.17) is 0 Å². The van der Waals surface area contributed by atoms with Crippen molar-refractivity contribution in [3.8, 4) is 0 Å². The summed E-state index contributed by atoms with van der Waals surface area (Å²) < 4.78 is 0. The van der Waals surface area contributed by atoms with Gasteiger partial charge >= 0.3 is 0 Å². The van der Waals surface area contributed by atoms with Crippen molar-refractivity contribution < 1.29 is 0 Å². The van der Waals surface area contributed by atoms with Crippen molar-refractivity contribution in [2.75, 3.05) is 0 Å². The Morgan fingerprint density at radius 2 is 1.41 bits per heavy atom. The third kappa shape index (κ3) is 7.63. The summed E-state index contributed by atoms with van der Waals surface area (Å²) in [4.78, 5) is 0. The lowest BCUT2D eigenvalue weighted by molar-refractivity contribution is 1.05. The average molecular weight is 225 g/mol. The van der Waals surface area contributed by atoms with Gasteiger partial charge in [-0.3, -0.25) is 0 Å². The van der Waals surface area contributed by atoms with Crippen LogP contribution in [0.5, 0.6) is 0 Å². The number of nitrogens with one attached hydrogen (secondary N) is 1. The fraction of sp³-hybridized carbons (Fsp3) is 0. The second kappa shape index (κ2) is 10.2. The van der Waals surface area contributed by atoms with Crippen molar-refractivity contribution in [3.05, 3.63) is 98.5 Å². The zero-order valence-electron chi connectivity index (χ0n) is 10.1. The van der Waals surface area contributed by atoms with Crippen LogP contribution in [0.25, 0.3) is 0 Å². The summed E-state index contributed by atoms with van der Waals surface area (Å²) in [5, 5.41) is 3.21. The van der Waals surface area contributed by atoms with E-state index in [1.165, 1.54) is 0 Å². The molecule has 0 bridgehead atoms. The summed E-state index contributed by atoms with van der Waals surface area (Å²) in [5.41, 5.74) is 1.81. The molecule has 17 heavy (non-hydrogen) atoms. The zero-order valence-corrected chi connectivity index (χ0v) is 10.1. The molecule has 0 aromatic carbocycles. The number of rotatable bonds is 8. The minimum absolute atomic E-state index is 0.893. The van der Waals surface area contributed by atoms with Gasteiger partial charge in [-0.2, -0.15) is 0 Å². The second-order valence-electron chi connectivity index (χ2n) is 3.02. The van der Waals surface area contributed by atoms with Crippen LogP contribution in [0.2, 0.25) is 0 Å². The number of hydrogen-bond donors (Lipinski definition) is 1. The fourth-order valence-corrected chi connectivity index (χ4v) is 1.00. The first-order valence-electron chi connectivity index (χ1n) is 5.29. The highest BCUT2D eigenvalue weighted by atomic mass is 14.9. The van der Waals surface area contributed by atoms with Crippen molar-refractivity contribution in [3.63, 3.8) is 0 Å². The van der Waals surface area contributed by atoms with Gasteiger partial charge in [0.25, 0.3) is 0 Å². The third-order valence-electron chi connectivity index (χ3n) is 1.74. The molecule has 1 nitrogen and oxygen atoms in total.